The van der Waals surface area contributed by atoms with Gasteiger partial charge in [0.2, 0.25) is 0 Å². The lowest BCUT2D eigenvalue weighted by atomic mass is 10.1. The smallest absolute Gasteiger partial charge is 0.110 e. The summed E-state index contributed by atoms with van der Waals surface area (Å²) in [6.07, 6.45) is 0.764. The van der Waals surface area contributed by atoms with Gasteiger partial charge < -0.3 is 9.67 Å². The number of aliphatic hydroxyl groups excluding tert-OH is 1. The fourth-order valence-corrected chi connectivity index (χ4v) is 3.70. The molecule has 1 aromatic rings. The highest BCUT2D eigenvalue weighted by molar-refractivity contribution is 7.70. The van der Waals surface area contributed by atoms with E-state index in [4.69, 9.17) is 0 Å². The summed E-state index contributed by atoms with van der Waals surface area (Å²) in [7, 11) is -2.21. The molecule has 0 aromatic heterocycles. The molecule has 0 saturated heterocycles. The third-order valence-corrected chi connectivity index (χ3v) is 4.94. The highest BCUT2D eigenvalue weighted by atomic mass is 31.2. The topological polar surface area (TPSA) is 37.3 Å². The summed E-state index contributed by atoms with van der Waals surface area (Å²) >= 11 is 0. The quantitative estimate of drug-likeness (QED) is 0.821. The van der Waals surface area contributed by atoms with Crippen LogP contribution >= 0.6 is 7.14 Å². The van der Waals surface area contributed by atoms with Gasteiger partial charge in [-0.15, -0.1) is 0 Å². The summed E-state index contributed by atoms with van der Waals surface area (Å²) in [6.45, 7) is 5.46. The molecule has 0 bridgehead atoms. The zero-order valence-electron chi connectivity index (χ0n) is 10.1. The highest BCUT2D eigenvalue weighted by Gasteiger charge is 2.43. The maximum atomic E-state index is 12.2. The Morgan fingerprint density at radius 1 is 1.38 bits per heavy atom. The monoisotopic (exact) mass is 238 g/mol. The molecule has 1 aliphatic carbocycles. The van der Waals surface area contributed by atoms with Gasteiger partial charge in [-0.2, -0.15) is 0 Å². The molecule has 3 unspecified atom stereocenters. The van der Waals surface area contributed by atoms with E-state index in [1.54, 1.807) is 0 Å². The third kappa shape index (κ3) is 2.23. The Morgan fingerprint density at radius 3 is 2.50 bits per heavy atom. The van der Waals surface area contributed by atoms with Gasteiger partial charge in [0.15, 0.2) is 0 Å². The van der Waals surface area contributed by atoms with Gasteiger partial charge in [0.25, 0.3) is 0 Å². The van der Waals surface area contributed by atoms with Crippen molar-refractivity contribution < 1.29 is 9.67 Å². The van der Waals surface area contributed by atoms with Crippen molar-refractivity contribution in [2.45, 2.75) is 25.4 Å². The number of hydrogen-bond acceptors (Lipinski definition) is 2. The summed E-state index contributed by atoms with van der Waals surface area (Å²) in [6, 6.07) is 7.96. The lowest BCUT2D eigenvalue weighted by Gasteiger charge is -2.13. The van der Waals surface area contributed by atoms with Crippen LogP contribution in [0.25, 0.3) is 0 Å². The largest absolute Gasteiger partial charge is 0.393 e. The SMILES string of the molecule is CC(O)C1CC1c1ccccc1P(C)(C)=O. The Kier molecular flexibility index (Phi) is 2.98. The van der Waals surface area contributed by atoms with E-state index in [-0.39, 0.29) is 6.10 Å². The predicted octanol–water partition coefficient (Wildman–Crippen LogP) is 2.42. The van der Waals surface area contributed by atoms with Gasteiger partial charge in [0, 0.05) is 5.30 Å². The maximum absolute atomic E-state index is 12.2. The van der Waals surface area contributed by atoms with Crippen LogP contribution in [0.4, 0.5) is 0 Å². The molecule has 88 valence electrons. The van der Waals surface area contributed by atoms with E-state index in [0.717, 1.165) is 11.7 Å². The number of rotatable bonds is 3. The fourth-order valence-electron chi connectivity index (χ4n) is 2.40. The second kappa shape index (κ2) is 4.01. The molecule has 3 heteroatoms. The molecular formula is C13H19O2P. The first kappa shape index (κ1) is 11.9. The minimum Gasteiger partial charge on any atom is -0.393 e. The Bertz CT molecular complexity index is 433. The average Bonchev–Trinajstić information content (AvgIpc) is 2.95. The third-order valence-electron chi connectivity index (χ3n) is 3.38. The molecule has 2 nitrogen and oxygen atoms in total. The van der Waals surface area contributed by atoms with Crippen LogP contribution < -0.4 is 5.30 Å². The minimum atomic E-state index is -2.21. The van der Waals surface area contributed by atoms with Crippen molar-refractivity contribution in [3.05, 3.63) is 29.8 Å². The van der Waals surface area contributed by atoms with Gasteiger partial charge in [-0.3, -0.25) is 0 Å². The van der Waals surface area contributed by atoms with E-state index in [2.05, 4.69) is 6.07 Å². The zero-order valence-corrected chi connectivity index (χ0v) is 10.9. The Balaban J connectivity index is 2.33. The molecule has 1 N–H and O–H groups in total. The van der Waals surface area contributed by atoms with E-state index < -0.39 is 7.14 Å². The molecule has 1 aromatic carbocycles. The molecule has 1 aliphatic rings. The van der Waals surface area contributed by atoms with Crippen LogP contribution in [0, 0.1) is 5.92 Å². The standard InChI is InChI=1S/C13H19O2P/c1-9(14)11-8-12(11)10-6-4-5-7-13(10)16(2,3)15/h4-7,9,11-12,14H,8H2,1-3H3. The maximum Gasteiger partial charge on any atom is 0.110 e. The fraction of sp³-hybridized carbons (Fsp3) is 0.538. The van der Waals surface area contributed by atoms with Gasteiger partial charge in [-0.05, 0) is 44.1 Å². The van der Waals surface area contributed by atoms with Gasteiger partial charge in [-0.1, -0.05) is 24.3 Å². The van der Waals surface area contributed by atoms with E-state index in [1.165, 1.54) is 5.56 Å². The van der Waals surface area contributed by atoms with Crippen molar-refractivity contribution in [1.82, 2.24) is 0 Å². The van der Waals surface area contributed by atoms with Crippen LogP contribution in [-0.4, -0.2) is 24.5 Å². The molecule has 0 spiro atoms. The number of aliphatic hydroxyl groups is 1. The molecule has 1 fully saturated rings. The van der Waals surface area contributed by atoms with Crippen molar-refractivity contribution in [2.24, 2.45) is 5.92 Å². The van der Waals surface area contributed by atoms with Crippen molar-refractivity contribution in [3.8, 4) is 0 Å². The first-order valence-corrected chi connectivity index (χ1v) is 8.34. The van der Waals surface area contributed by atoms with Crippen LogP contribution in [-0.2, 0) is 4.57 Å². The van der Waals surface area contributed by atoms with Gasteiger partial charge >= 0.3 is 0 Å². The van der Waals surface area contributed by atoms with Crippen molar-refractivity contribution in [1.29, 1.82) is 0 Å². The molecule has 0 aliphatic heterocycles. The Morgan fingerprint density at radius 2 is 2.00 bits per heavy atom. The van der Waals surface area contributed by atoms with Crippen LogP contribution in [0.3, 0.4) is 0 Å². The molecule has 0 amide bonds. The predicted molar refractivity (Wildman–Crippen MR) is 68.1 cm³/mol. The number of hydrogen-bond donors (Lipinski definition) is 1. The van der Waals surface area contributed by atoms with Crippen molar-refractivity contribution in [3.63, 3.8) is 0 Å². The van der Waals surface area contributed by atoms with E-state index in [0.29, 0.717) is 11.8 Å². The average molecular weight is 238 g/mol. The normalized spacial score (nSPS) is 26.5. The van der Waals surface area contributed by atoms with Crippen molar-refractivity contribution in [2.75, 3.05) is 13.3 Å². The second-order valence-electron chi connectivity index (χ2n) is 5.16. The van der Waals surface area contributed by atoms with Crippen molar-refractivity contribution >= 4 is 12.4 Å². The van der Waals surface area contributed by atoms with Crippen LogP contribution in [0.5, 0.6) is 0 Å². The van der Waals surface area contributed by atoms with Gasteiger partial charge in [0.1, 0.15) is 7.14 Å². The van der Waals surface area contributed by atoms with E-state index in [9.17, 15) is 9.67 Å². The first-order valence-electron chi connectivity index (χ1n) is 5.74. The summed E-state index contributed by atoms with van der Waals surface area (Å²) in [4.78, 5) is 0. The minimum absolute atomic E-state index is 0.258. The first-order chi connectivity index (χ1) is 7.41. The lowest BCUT2D eigenvalue weighted by molar-refractivity contribution is 0.169. The molecule has 2 rings (SSSR count). The Labute approximate surface area is 97.1 Å². The number of benzene rings is 1. The molecule has 0 radical (unpaired) electrons. The summed E-state index contributed by atoms with van der Waals surface area (Å²) in [5, 5.41) is 10.5. The van der Waals surface area contributed by atoms with Crippen LogP contribution in [0.1, 0.15) is 24.8 Å². The highest BCUT2D eigenvalue weighted by Crippen LogP contribution is 2.51. The van der Waals surface area contributed by atoms with Crippen LogP contribution in [0.15, 0.2) is 24.3 Å². The Hall–Kier alpha value is -0.590. The van der Waals surface area contributed by atoms with Gasteiger partial charge in [-0.25, -0.2) is 0 Å². The molecule has 16 heavy (non-hydrogen) atoms. The van der Waals surface area contributed by atoms with Crippen LogP contribution in [0.2, 0.25) is 0 Å². The zero-order chi connectivity index (χ0) is 11.9. The second-order valence-corrected chi connectivity index (χ2v) is 8.34. The summed E-state index contributed by atoms with van der Waals surface area (Å²) < 4.78 is 12.2. The molecular weight excluding hydrogens is 219 g/mol. The molecule has 1 saturated carbocycles. The summed E-state index contributed by atoms with van der Waals surface area (Å²) in [5.41, 5.74) is 1.18. The molecule has 3 atom stereocenters. The van der Waals surface area contributed by atoms with Gasteiger partial charge in [0.05, 0.1) is 6.10 Å². The van der Waals surface area contributed by atoms with E-state index >= 15 is 0 Å². The summed E-state index contributed by atoms with van der Waals surface area (Å²) in [5.74, 6) is 0.761. The lowest BCUT2D eigenvalue weighted by Crippen LogP contribution is -2.11. The molecule has 0 heterocycles. The van der Waals surface area contributed by atoms with E-state index in [1.807, 2.05) is 38.5 Å².